The molecule has 0 saturated heterocycles. The predicted molar refractivity (Wildman–Crippen MR) is 131 cm³/mol. The highest BCUT2D eigenvalue weighted by Crippen LogP contribution is 2.20. The van der Waals surface area contributed by atoms with Crippen LogP contribution in [0.5, 0.6) is 0 Å². The molecule has 3 rings (SSSR count). The molecular weight excluding hydrogens is 494 g/mol. The number of carbonyl (C=O) groups is 3. The maximum Gasteiger partial charge on any atom is 0.336 e. The van der Waals surface area contributed by atoms with Crippen molar-refractivity contribution < 1.29 is 34.8 Å². The van der Waals surface area contributed by atoms with Crippen LogP contribution in [0.15, 0.2) is 48.4 Å². The van der Waals surface area contributed by atoms with Gasteiger partial charge in [0.1, 0.15) is 0 Å². The lowest BCUT2D eigenvalue weighted by Crippen LogP contribution is -2.42. The maximum atomic E-state index is 10.3. The molecule has 0 spiro atoms. The molecule has 35 heavy (non-hydrogen) atoms. The van der Waals surface area contributed by atoms with Gasteiger partial charge in [-0.2, -0.15) is 0 Å². The van der Waals surface area contributed by atoms with Gasteiger partial charge in [-0.15, -0.1) is 22.7 Å². The summed E-state index contributed by atoms with van der Waals surface area (Å²) >= 11 is 3.75. The number of aliphatic carboxylic acids is 3. The minimum Gasteiger partial charge on any atom is -0.481 e. The Hall–Kier alpha value is -3.06. The van der Waals surface area contributed by atoms with Crippen molar-refractivity contribution in [1.29, 1.82) is 0 Å². The Bertz CT molecular complexity index is 1050. The lowest BCUT2D eigenvalue weighted by molar-refractivity contribution is -0.170. The second-order valence-electron chi connectivity index (χ2n) is 7.93. The molecule has 0 saturated carbocycles. The van der Waals surface area contributed by atoms with Crippen molar-refractivity contribution in [3.8, 4) is 0 Å². The molecule has 0 bridgehead atoms. The number of rotatable bonds is 13. The van der Waals surface area contributed by atoms with Gasteiger partial charge < -0.3 is 25.0 Å². The van der Waals surface area contributed by atoms with E-state index in [-0.39, 0.29) is 0 Å². The molecule has 0 fully saturated rings. The van der Waals surface area contributed by atoms with Gasteiger partial charge in [0.2, 0.25) is 0 Å². The summed E-state index contributed by atoms with van der Waals surface area (Å²) in [6.45, 7) is 6.40. The summed E-state index contributed by atoms with van der Waals surface area (Å²) in [6.07, 6.45) is 4.63. The van der Waals surface area contributed by atoms with E-state index in [0.717, 1.165) is 32.6 Å². The van der Waals surface area contributed by atoms with E-state index < -0.39 is 36.4 Å². The molecule has 0 aliphatic carbocycles. The van der Waals surface area contributed by atoms with Crippen molar-refractivity contribution in [1.82, 2.24) is 14.5 Å². The fourth-order valence-electron chi connectivity index (χ4n) is 3.24. The van der Waals surface area contributed by atoms with Gasteiger partial charge >= 0.3 is 17.9 Å². The van der Waals surface area contributed by atoms with Crippen molar-refractivity contribution in [3.63, 3.8) is 0 Å². The van der Waals surface area contributed by atoms with Crippen molar-refractivity contribution >= 4 is 40.6 Å². The number of aromatic nitrogens is 2. The van der Waals surface area contributed by atoms with E-state index in [1.165, 1.54) is 14.6 Å². The maximum absolute atomic E-state index is 10.3. The molecule has 0 amide bonds. The van der Waals surface area contributed by atoms with E-state index in [1.807, 2.05) is 41.4 Å². The monoisotopic (exact) mass is 523 g/mol. The molecule has 3 aromatic rings. The fraction of sp³-hybridized carbons (Fsp3) is 0.391. The molecular formula is C23H29N3O7S2. The molecule has 10 nitrogen and oxygen atoms in total. The van der Waals surface area contributed by atoms with Crippen molar-refractivity contribution in [3.05, 3.63) is 63.0 Å². The third-order valence-electron chi connectivity index (χ3n) is 4.87. The lowest BCUT2D eigenvalue weighted by Gasteiger charge is -2.21. The van der Waals surface area contributed by atoms with E-state index in [0.29, 0.717) is 0 Å². The van der Waals surface area contributed by atoms with Crippen LogP contribution in [0, 0.1) is 6.92 Å². The largest absolute Gasteiger partial charge is 0.481 e. The summed E-state index contributed by atoms with van der Waals surface area (Å²) < 4.78 is 2.15. The van der Waals surface area contributed by atoms with Gasteiger partial charge in [0.25, 0.3) is 0 Å². The highest BCUT2D eigenvalue weighted by molar-refractivity contribution is 7.11. The molecule has 0 radical (unpaired) electrons. The average Bonchev–Trinajstić information content (AvgIpc) is 3.51. The molecule has 0 aliphatic heterocycles. The highest BCUT2D eigenvalue weighted by atomic mass is 32.1. The minimum absolute atomic E-state index is 1.03. The first kappa shape index (κ1) is 28.2. The van der Waals surface area contributed by atoms with E-state index >= 15 is 0 Å². The smallest absolute Gasteiger partial charge is 0.336 e. The third-order valence-corrected chi connectivity index (χ3v) is 6.72. The minimum atomic E-state index is -2.74. The Morgan fingerprint density at radius 1 is 1.06 bits per heavy atom. The zero-order valence-electron chi connectivity index (χ0n) is 19.2. The summed E-state index contributed by atoms with van der Waals surface area (Å²) in [5.74, 6) is -5.02. The molecule has 0 unspecified atom stereocenters. The van der Waals surface area contributed by atoms with Crippen LogP contribution in [-0.2, 0) is 34.0 Å². The topological polar surface area (TPSA) is 153 Å². The van der Waals surface area contributed by atoms with E-state index in [9.17, 15) is 14.4 Å². The van der Waals surface area contributed by atoms with Gasteiger partial charge in [-0.3, -0.25) is 14.5 Å². The number of carboxylic acids is 3. The lowest BCUT2D eigenvalue weighted by atomic mass is 9.96. The van der Waals surface area contributed by atoms with Crippen molar-refractivity contribution in [2.24, 2.45) is 0 Å². The molecule has 0 aliphatic rings. The Labute approximate surface area is 210 Å². The number of hydrogen-bond acceptors (Lipinski definition) is 8. The zero-order chi connectivity index (χ0) is 25.8. The van der Waals surface area contributed by atoms with Crippen LogP contribution in [0.3, 0.4) is 0 Å². The Morgan fingerprint density at radius 2 is 1.74 bits per heavy atom. The summed E-state index contributed by atoms with van der Waals surface area (Å²) in [6, 6.07) is 8.85. The van der Waals surface area contributed by atoms with Gasteiger partial charge in [0.15, 0.2) is 5.60 Å². The quantitative estimate of drug-likeness (QED) is 0.264. The Morgan fingerprint density at radius 3 is 2.23 bits per heavy atom. The molecule has 3 heterocycles. The van der Waals surface area contributed by atoms with Gasteiger partial charge in [0, 0.05) is 53.2 Å². The predicted octanol–water partition coefficient (Wildman–Crippen LogP) is 3.16. The highest BCUT2D eigenvalue weighted by Gasteiger charge is 2.40. The molecule has 12 heteroatoms. The molecule has 0 aromatic carbocycles. The van der Waals surface area contributed by atoms with Crippen LogP contribution < -0.4 is 0 Å². The zero-order valence-corrected chi connectivity index (χ0v) is 20.9. The summed E-state index contributed by atoms with van der Waals surface area (Å²) in [7, 11) is 0. The second-order valence-corrected chi connectivity index (χ2v) is 10.3. The number of nitrogens with zero attached hydrogens (tertiary/aromatic N) is 3. The molecule has 3 aromatic heterocycles. The molecule has 4 N–H and O–H groups in total. The first-order chi connectivity index (χ1) is 16.6. The number of imidazole rings is 1. The first-order valence-corrected chi connectivity index (χ1v) is 12.4. The average molecular weight is 524 g/mol. The first-order valence-electron chi connectivity index (χ1n) is 10.7. The van der Waals surface area contributed by atoms with Crippen LogP contribution in [0.25, 0.3) is 0 Å². The summed E-state index contributed by atoms with van der Waals surface area (Å²) in [4.78, 5) is 41.4. The Kier molecular flexibility index (Phi) is 11.1. The number of aliphatic hydroxyl groups is 1. The standard InChI is InChI=1S/C17H21N3S2.C6H8O7/c1-15-5-6-17(22-15)13-20(12-16-4-2-11-21-16)9-3-8-19-10-7-18-14-19;7-3(8)1-6(13,5(11)12)2-4(9)10/h2,4-7,10-11,14H,3,8-9,12-13H2,1H3;13H,1-2H2,(H,7,8)(H,9,10)(H,11,12). The number of carboxylic acid groups (broad SMARTS) is 3. The van der Waals surface area contributed by atoms with Crippen LogP contribution in [0.1, 0.15) is 33.9 Å². The summed E-state index contributed by atoms with van der Waals surface area (Å²) in [5, 5.41) is 36.0. The number of thiophene rings is 2. The van der Waals surface area contributed by atoms with Crippen molar-refractivity contribution in [2.75, 3.05) is 6.54 Å². The van der Waals surface area contributed by atoms with Gasteiger partial charge in [-0.05, 0) is 36.9 Å². The second kappa shape index (κ2) is 13.7. The number of aryl methyl sites for hydroxylation is 2. The van der Waals surface area contributed by atoms with Gasteiger partial charge in [-0.25, -0.2) is 9.78 Å². The van der Waals surface area contributed by atoms with Crippen LogP contribution in [0.2, 0.25) is 0 Å². The van der Waals surface area contributed by atoms with Gasteiger partial charge in [0.05, 0.1) is 19.2 Å². The van der Waals surface area contributed by atoms with Crippen molar-refractivity contribution in [2.45, 2.75) is 51.4 Å². The number of hydrogen-bond donors (Lipinski definition) is 4. The van der Waals surface area contributed by atoms with Gasteiger partial charge in [-0.1, -0.05) is 6.07 Å². The fourth-order valence-corrected chi connectivity index (χ4v) is 4.92. The van der Waals surface area contributed by atoms with E-state index in [4.69, 9.17) is 20.4 Å². The molecule has 190 valence electrons. The Balaban J connectivity index is 0.000000287. The van der Waals surface area contributed by atoms with E-state index in [1.54, 1.807) is 0 Å². The normalized spacial score (nSPS) is 11.2. The summed E-state index contributed by atoms with van der Waals surface area (Å²) in [5.41, 5.74) is -2.74. The van der Waals surface area contributed by atoms with E-state index in [2.05, 4.69) is 51.0 Å². The molecule has 0 atom stereocenters. The SMILES string of the molecule is Cc1ccc(CN(CCCn2ccnc2)Cc2cccs2)s1.O=C(O)CC(O)(CC(=O)O)C(=O)O. The van der Waals surface area contributed by atoms with Crippen LogP contribution in [0.4, 0.5) is 0 Å². The van der Waals surface area contributed by atoms with Crippen LogP contribution >= 0.6 is 22.7 Å². The third kappa shape index (κ3) is 10.4. The van der Waals surface area contributed by atoms with Crippen LogP contribution in [-0.4, -0.2) is 64.9 Å².